The second kappa shape index (κ2) is 20.7. The minimum Gasteiger partial charge on any atom is -0.379 e. The topological polar surface area (TPSA) is 89.5 Å². The molecular formula is C17H35ClO8S. The fourth-order valence-corrected chi connectivity index (χ4v) is 2.44. The summed E-state index contributed by atoms with van der Waals surface area (Å²) < 4.78 is 52.6. The molecule has 0 unspecified atom stereocenters. The Morgan fingerprint density at radius 3 is 1.33 bits per heavy atom. The first-order valence-corrected chi connectivity index (χ1v) is 11.7. The van der Waals surface area contributed by atoms with Gasteiger partial charge in [-0.2, -0.15) is 8.42 Å². The molecule has 164 valence electrons. The van der Waals surface area contributed by atoms with Crippen LogP contribution < -0.4 is 0 Å². The smallest absolute Gasteiger partial charge is 0.264 e. The maximum atomic E-state index is 10.7. The Hall–Kier alpha value is -0.0000000000000000555. The van der Waals surface area contributed by atoms with E-state index < -0.39 is 10.1 Å². The zero-order valence-electron chi connectivity index (χ0n) is 16.4. The van der Waals surface area contributed by atoms with Crippen LogP contribution in [0, 0.1) is 0 Å². The fourth-order valence-electron chi connectivity index (χ4n) is 1.88. The zero-order valence-corrected chi connectivity index (χ0v) is 17.9. The van der Waals surface area contributed by atoms with Gasteiger partial charge < -0.3 is 23.7 Å². The van der Waals surface area contributed by atoms with E-state index in [0.29, 0.717) is 52.9 Å². The SMILES string of the molecule is CS(=O)(=O)OCCOCCOCCOCCOCCOCCCCCCCl. The summed E-state index contributed by atoms with van der Waals surface area (Å²) in [6.45, 7) is 4.97. The van der Waals surface area contributed by atoms with Gasteiger partial charge >= 0.3 is 0 Å². The molecule has 0 aromatic carbocycles. The van der Waals surface area contributed by atoms with Gasteiger partial charge in [-0.1, -0.05) is 12.8 Å². The van der Waals surface area contributed by atoms with Crippen molar-refractivity contribution in [3.63, 3.8) is 0 Å². The van der Waals surface area contributed by atoms with Crippen molar-refractivity contribution >= 4 is 21.7 Å². The molecule has 0 saturated carbocycles. The third-order valence-corrected chi connectivity index (χ3v) is 4.05. The maximum Gasteiger partial charge on any atom is 0.264 e. The average Bonchev–Trinajstić information content (AvgIpc) is 2.62. The monoisotopic (exact) mass is 434 g/mol. The summed E-state index contributed by atoms with van der Waals surface area (Å²) >= 11 is 5.61. The van der Waals surface area contributed by atoms with Crippen LogP contribution in [0.2, 0.25) is 0 Å². The number of unbranched alkanes of at least 4 members (excludes halogenated alkanes) is 3. The Labute approximate surface area is 168 Å². The van der Waals surface area contributed by atoms with Gasteiger partial charge in [-0.25, -0.2) is 0 Å². The molecule has 0 bridgehead atoms. The van der Waals surface area contributed by atoms with E-state index in [-0.39, 0.29) is 13.2 Å². The first-order valence-electron chi connectivity index (χ1n) is 9.35. The molecule has 27 heavy (non-hydrogen) atoms. The summed E-state index contributed by atoms with van der Waals surface area (Å²) in [5.74, 6) is 0.738. The number of alkyl halides is 1. The van der Waals surface area contributed by atoms with E-state index >= 15 is 0 Å². The van der Waals surface area contributed by atoms with E-state index in [9.17, 15) is 8.42 Å². The molecule has 0 aliphatic heterocycles. The summed E-state index contributed by atoms with van der Waals surface area (Å²) in [7, 11) is -3.40. The van der Waals surface area contributed by atoms with E-state index in [1.165, 1.54) is 0 Å². The Balaban J connectivity index is 3.03. The third-order valence-electron chi connectivity index (χ3n) is 3.19. The molecule has 0 aliphatic rings. The largest absolute Gasteiger partial charge is 0.379 e. The number of ether oxygens (including phenoxy) is 5. The molecule has 0 N–H and O–H groups in total. The standard InChI is InChI=1S/C17H35ClO8S/c1-27(19,20)26-17-16-25-15-14-24-13-12-23-11-10-22-9-8-21-7-5-3-2-4-6-18/h2-17H2,1H3. The van der Waals surface area contributed by atoms with Crippen LogP contribution in [0.3, 0.4) is 0 Å². The molecule has 10 heteroatoms. The maximum absolute atomic E-state index is 10.7. The molecule has 0 aromatic heterocycles. The van der Waals surface area contributed by atoms with Crippen LogP contribution in [0.15, 0.2) is 0 Å². The lowest BCUT2D eigenvalue weighted by molar-refractivity contribution is -0.0127. The predicted molar refractivity (Wildman–Crippen MR) is 104 cm³/mol. The number of hydrogen-bond donors (Lipinski definition) is 0. The van der Waals surface area contributed by atoms with Crippen LogP contribution in [0.1, 0.15) is 25.7 Å². The second-order valence-corrected chi connectivity index (χ2v) is 7.71. The molecule has 8 nitrogen and oxygen atoms in total. The van der Waals surface area contributed by atoms with E-state index in [2.05, 4.69) is 4.18 Å². The van der Waals surface area contributed by atoms with Gasteiger partial charge in [0.2, 0.25) is 0 Å². The lowest BCUT2D eigenvalue weighted by Gasteiger charge is -2.08. The van der Waals surface area contributed by atoms with Gasteiger partial charge in [0.05, 0.1) is 72.3 Å². The van der Waals surface area contributed by atoms with Crippen molar-refractivity contribution in [2.24, 2.45) is 0 Å². The summed E-state index contributed by atoms with van der Waals surface area (Å²) in [6, 6.07) is 0. The Morgan fingerprint density at radius 2 is 0.926 bits per heavy atom. The van der Waals surface area contributed by atoms with Crippen LogP contribution in [-0.4, -0.2) is 93.2 Å². The van der Waals surface area contributed by atoms with Crippen molar-refractivity contribution in [1.82, 2.24) is 0 Å². The Kier molecular flexibility index (Phi) is 20.7. The summed E-state index contributed by atoms with van der Waals surface area (Å²) in [4.78, 5) is 0. The molecule has 0 aromatic rings. The fraction of sp³-hybridized carbons (Fsp3) is 1.00. The Morgan fingerprint density at radius 1 is 0.556 bits per heavy atom. The molecule has 0 radical (unpaired) electrons. The molecule has 0 spiro atoms. The van der Waals surface area contributed by atoms with Crippen LogP contribution in [0.25, 0.3) is 0 Å². The molecular weight excluding hydrogens is 400 g/mol. The highest BCUT2D eigenvalue weighted by Gasteiger charge is 2.00. The van der Waals surface area contributed by atoms with E-state index in [1.807, 2.05) is 0 Å². The summed E-state index contributed by atoms with van der Waals surface area (Å²) in [6.07, 6.45) is 5.47. The Bertz CT molecular complexity index is 394. The van der Waals surface area contributed by atoms with Gasteiger partial charge in [0.15, 0.2) is 0 Å². The molecule has 0 fully saturated rings. The first kappa shape index (κ1) is 27.0. The van der Waals surface area contributed by atoms with Gasteiger partial charge in [0, 0.05) is 12.5 Å². The van der Waals surface area contributed by atoms with Crippen molar-refractivity contribution in [2.45, 2.75) is 25.7 Å². The van der Waals surface area contributed by atoms with Crippen LogP contribution in [0.5, 0.6) is 0 Å². The second-order valence-electron chi connectivity index (χ2n) is 5.69. The van der Waals surface area contributed by atoms with Gasteiger partial charge in [0.1, 0.15) is 0 Å². The molecule has 0 aliphatic carbocycles. The van der Waals surface area contributed by atoms with E-state index in [1.54, 1.807) is 0 Å². The third kappa shape index (κ3) is 26.0. The number of halogens is 1. The van der Waals surface area contributed by atoms with Crippen molar-refractivity contribution < 1.29 is 36.3 Å². The summed E-state index contributed by atoms with van der Waals surface area (Å²) in [5, 5.41) is 0. The normalized spacial score (nSPS) is 11.9. The summed E-state index contributed by atoms with van der Waals surface area (Å²) in [5.41, 5.74) is 0. The van der Waals surface area contributed by atoms with E-state index in [0.717, 1.165) is 44.4 Å². The molecule has 0 rings (SSSR count). The van der Waals surface area contributed by atoms with Crippen molar-refractivity contribution in [2.75, 3.05) is 84.8 Å². The minimum atomic E-state index is -3.40. The van der Waals surface area contributed by atoms with Gasteiger partial charge in [0.25, 0.3) is 10.1 Å². The lowest BCUT2D eigenvalue weighted by atomic mass is 10.2. The van der Waals surface area contributed by atoms with Gasteiger partial charge in [-0.3, -0.25) is 4.18 Å². The van der Waals surface area contributed by atoms with E-state index in [4.69, 9.17) is 35.3 Å². The highest BCUT2D eigenvalue weighted by molar-refractivity contribution is 7.85. The predicted octanol–water partition coefficient (Wildman–Crippen LogP) is 1.84. The van der Waals surface area contributed by atoms with Crippen LogP contribution in [0.4, 0.5) is 0 Å². The molecule has 0 amide bonds. The van der Waals surface area contributed by atoms with Crippen molar-refractivity contribution in [1.29, 1.82) is 0 Å². The van der Waals surface area contributed by atoms with Gasteiger partial charge in [-0.05, 0) is 12.8 Å². The van der Waals surface area contributed by atoms with Crippen molar-refractivity contribution in [3.8, 4) is 0 Å². The quantitative estimate of drug-likeness (QED) is 0.145. The van der Waals surface area contributed by atoms with Crippen LogP contribution in [-0.2, 0) is 38.0 Å². The zero-order chi connectivity index (χ0) is 20.1. The number of hydrogen-bond acceptors (Lipinski definition) is 8. The molecule has 0 heterocycles. The lowest BCUT2D eigenvalue weighted by Crippen LogP contribution is -2.14. The highest BCUT2D eigenvalue weighted by Crippen LogP contribution is 2.01. The first-order chi connectivity index (χ1) is 13.1. The van der Waals surface area contributed by atoms with Gasteiger partial charge in [-0.15, -0.1) is 11.6 Å². The van der Waals surface area contributed by atoms with Crippen molar-refractivity contribution in [3.05, 3.63) is 0 Å². The molecule has 0 saturated heterocycles. The average molecular weight is 435 g/mol. The minimum absolute atomic E-state index is 0.0154. The number of rotatable bonds is 22. The highest BCUT2D eigenvalue weighted by atomic mass is 35.5. The van der Waals surface area contributed by atoms with Crippen LogP contribution >= 0.6 is 11.6 Å². The molecule has 0 atom stereocenters.